The predicted octanol–water partition coefficient (Wildman–Crippen LogP) is 2.20. The topological polar surface area (TPSA) is 121 Å². The van der Waals surface area contributed by atoms with E-state index in [0.717, 1.165) is 54.4 Å². The highest BCUT2D eigenvalue weighted by Crippen LogP contribution is 2.27. The van der Waals surface area contributed by atoms with Crippen LogP contribution < -0.4 is 21.3 Å². The molecule has 0 radical (unpaired) electrons. The lowest BCUT2D eigenvalue weighted by Gasteiger charge is -2.38. The van der Waals surface area contributed by atoms with Crippen LogP contribution in [0.15, 0.2) is 42.6 Å². The van der Waals surface area contributed by atoms with E-state index in [1.165, 1.54) is 0 Å². The minimum atomic E-state index is -0.656. The minimum Gasteiger partial charge on any atom is -0.387 e. The number of carbonyl (C=O) groups is 2. The predicted molar refractivity (Wildman–Crippen MR) is 122 cm³/mol. The van der Waals surface area contributed by atoms with E-state index in [0.29, 0.717) is 18.8 Å². The van der Waals surface area contributed by atoms with Crippen LogP contribution in [0.5, 0.6) is 0 Å². The maximum absolute atomic E-state index is 11.8. The second-order valence-corrected chi connectivity index (χ2v) is 9.07. The van der Waals surface area contributed by atoms with Gasteiger partial charge in [0.2, 0.25) is 5.91 Å². The summed E-state index contributed by atoms with van der Waals surface area (Å²) in [5, 5.41) is 15.7. The van der Waals surface area contributed by atoms with Crippen molar-refractivity contribution in [3.63, 3.8) is 0 Å². The molecule has 1 aromatic heterocycles. The van der Waals surface area contributed by atoms with Crippen molar-refractivity contribution in [1.82, 2.24) is 15.6 Å². The number of aromatic nitrogens is 1. The molecule has 0 spiro atoms. The van der Waals surface area contributed by atoms with Crippen molar-refractivity contribution in [3.8, 4) is 0 Å². The molecule has 5 N–H and O–H groups in total. The van der Waals surface area contributed by atoms with Gasteiger partial charge in [-0.25, -0.2) is 4.98 Å². The van der Waals surface area contributed by atoms with E-state index in [1.54, 1.807) is 18.3 Å². The van der Waals surface area contributed by atoms with Crippen LogP contribution >= 0.6 is 11.8 Å². The van der Waals surface area contributed by atoms with Gasteiger partial charge in [-0.3, -0.25) is 20.2 Å². The number of nitrogens with two attached hydrogens (primary N) is 1. The van der Waals surface area contributed by atoms with E-state index in [9.17, 15) is 14.7 Å². The van der Waals surface area contributed by atoms with Gasteiger partial charge >= 0.3 is 0 Å². The number of aliphatic hydroxyl groups is 1. The molecule has 1 aromatic carbocycles. The number of thioether (sulfide) groups is 1. The summed E-state index contributed by atoms with van der Waals surface area (Å²) in [6.07, 6.45) is 4.86. The first kappa shape index (κ1) is 21.6. The van der Waals surface area contributed by atoms with E-state index in [2.05, 4.69) is 32.7 Å². The molecule has 2 amide bonds. The third kappa shape index (κ3) is 5.36. The van der Waals surface area contributed by atoms with E-state index < -0.39 is 6.10 Å². The van der Waals surface area contributed by atoms with Crippen LogP contribution in [-0.2, 0) is 11.2 Å². The number of hydrogen-bond acceptors (Lipinski definition) is 8. The Bertz CT molecular complexity index is 922. The molecule has 2 aliphatic rings. The molecule has 0 saturated carbocycles. The first-order valence-electron chi connectivity index (χ1n) is 10.5. The smallest absolute Gasteiger partial charge is 0.286 e. The van der Waals surface area contributed by atoms with Gasteiger partial charge in [0.25, 0.3) is 5.24 Å². The average Bonchev–Trinajstić information content (AvgIpc) is 3.10. The Morgan fingerprint density at radius 3 is 2.71 bits per heavy atom. The standard InChI is InChI=1S/C22H27N5O3S/c23-19-9-6-15(12-24-19)17(28)13-25-20-3-1-2-10-27(20)16-7-4-14(5-8-16)11-18-21(29)26-22(30)31-18/h4-9,12,17-18,20,25,28H,1-3,10-11,13H2,(H2,23,24)(H,26,29,30)/t17?,18?,20-/m0/s1. The number of anilines is 2. The highest BCUT2D eigenvalue weighted by molar-refractivity contribution is 8.15. The number of hydrogen-bond donors (Lipinski definition) is 4. The maximum Gasteiger partial charge on any atom is 0.286 e. The fourth-order valence-electron chi connectivity index (χ4n) is 4.00. The molecule has 2 aromatic rings. The van der Waals surface area contributed by atoms with Crippen molar-refractivity contribution in [1.29, 1.82) is 0 Å². The zero-order chi connectivity index (χ0) is 21.8. The lowest BCUT2D eigenvalue weighted by atomic mass is 10.0. The summed E-state index contributed by atoms with van der Waals surface area (Å²) in [7, 11) is 0. The third-order valence-electron chi connectivity index (χ3n) is 5.70. The lowest BCUT2D eigenvalue weighted by Crippen LogP contribution is -2.50. The number of imide groups is 1. The number of aliphatic hydroxyl groups excluding tert-OH is 1. The number of piperidine rings is 1. The average molecular weight is 442 g/mol. The SMILES string of the molecule is Nc1ccc(C(O)CN[C@@H]2CCCCN2c2ccc(CC3SC(=O)NC3=O)cc2)cn1. The number of nitrogens with one attached hydrogen (secondary N) is 2. The molecule has 2 aliphatic heterocycles. The van der Waals surface area contributed by atoms with Gasteiger partial charge in [0.05, 0.1) is 17.5 Å². The summed E-state index contributed by atoms with van der Waals surface area (Å²) < 4.78 is 0. The minimum absolute atomic E-state index is 0.129. The van der Waals surface area contributed by atoms with Crippen molar-refractivity contribution in [2.24, 2.45) is 0 Å². The van der Waals surface area contributed by atoms with Crippen LogP contribution in [0.3, 0.4) is 0 Å². The number of nitrogen functional groups attached to an aromatic ring is 1. The van der Waals surface area contributed by atoms with Crippen LogP contribution in [0, 0.1) is 0 Å². The van der Waals surface area contributed by atoms with Crippen molar-refractivity contribution in [2.45, 2.75) is 43.2 Å². The fourth-order valence-corrected chi connectivity index (χ4v) is 4.86. The van der Waals surface area contributed by atoms with Crippen LogP contribution in [0.2, 0.25) is 0 Å². The summed E-state index contributed by atoms with van der Waals surface area (Å²) in [5.74, 6) is 0.221. The zero-order valence-electron chi connectivity index (χ0n) is 17.2. The number of nitrogens with zero attached hydrogens (tertiary/aromatic N) is 2. The molecule has 2 saturated heterocycles. The molecule has 3 atom stereocenters. The Morgan fingerprint density at radius 1 is 1.23 bits per heavy atom. The highest BCUT2D eigenvalue weighted by atomic mass is 32.2. The largest absolute Gasteiger partial charge is 0.387 e. The number of benzene rings is 1. The Labute approximate surface area is 185 Å². The van der Waals surface area contributed by atoms with E-state index in [-0.39, 0.29) is 22.6 Å². The molecular weight excluding hydrogens is 414 g/mol. The second-order valence-electron chi connectivity index (χ2n) is 7.90. The van der Waals surface area contributed by atoms with Crippen molar-refractivity contribution in [2.75, 3.05) is 23.7 Å². The van der Waals surface area contributed by atoms with Crippen molar-refractivity contribution in [3.05, 3.63) is 53.7 Å². The summed E-state index contributed by atoms with van der Waals surface area (Å²) >= 11 is 1.05. The molecule has 8 nitrogen and oxygen atoms in total. The van der Waals surface area contributed by atoms with Crippen LogP contribution in [0.4, 0.5) is 16.3 Å². The fraction of sp³-hybridized carbons (Fsp3) is 0.409. The van der Waals surface area contributed by atoms with Crippen molar-refractivity contribution >= 4 is 34.4 Å². The number of rotatable bonds is 7. The van der Waals surface area contributed by atoms with Crippen LogP contribution in [0.1, 0.15) is 36.5 Å². The summed E-state index contributed by atoms with van der Waals surface area (Å²) in [4.78, 5) is 29.5. The summed E-state index contributed by atoms with van der Waals surface area (Å²) in [6, 6.07) is 11.7. The summed E-state index contributed by atoms with van der Waals surface area (Å²) in [6.45, 7) is 1.36. The molecule has 4 rings (SSSR count). The van der Waals surface area contributed by atoms with Gasteiger partial charge in [-0.1, -0.05) is 30.0 Å². The van der Waals surface area contributed by atoms with Crippen molar-refractivity contribution < 1.29 is 14.7 Å². The Kier molecular flexibility index (Phi) is 6.74. The van der Waals surface area contributed by atoms with Gasteiger partial charge in [0.1, 0.15) is 5.82 Å². The third-order valence-corrected chi connectivity index (χ3v) is 6.68. The Morgan fingerprint density at radius 2 is 2.03 bits per heavy atom. The highest BCUT2D eigenvalue weighted by Gasteiger charge is 2.31. The molecule has 164 valence electrons. The lowest BCUT2D eigenvalue weighted by molar-refractivity contribution is -0.118. The first-order valence-corrected chi connectivity index (χ1v) is 11.4. The number of carbonyl (C=O) groups excluding carboxylic acids is 2. The van der Waals surface area contributed by atoms with E-state index >= 15 is 0 Å². The molecule has 3 heterocycles. The Balaban J connectivity index is 1.37. The van der Waals surface area contributed by atoms with Gasteiger partial charge < -0.3 is 15.7 Å². The van der Waals surface area contributed by atoms with Crippen LogP contribution in [0.25, 0.3) is 0 Å². The monoisotopic (exact) mass is 441 g/mol. The van der Waals surface area contributed by atoms with Gasteiger partial charge in [-0.05, 0) is 49.4 Å². The molecule has 2 unspecified atom stereocenters. The van der Waals surface area contributed by atoms with Gasteiger partial charge in [0, 0.05) is 30.5 Å². The Hall–Kier alpha value is -2.62. The molecule has 0 bridgehead atoms. The molecule has 31 heavy (non-hydrogen) atoms. The molecular formula is C22H27N5O3S. The second kappa shape index (κ2) is 9.67. The molecule has 0 aliphatic carbocycles. The van der Waals surface area contributed by atoms with Gasteiger partial charge in [-0.15, -0.1) is 0 Å². The normalized spacial score (nSPS) is 22.4. The number of amides is 2. The zero-order valence-corrected chi connectivity index (χ0v) is 18.0. The van der Waals surface area contributed by atoms with Crippen LogP contribution in [-0.4, -0.2) is 45.7 Å². The van der Waals surface area contributed by atoms with Gasteiger partial charge in [-0.2, -0.15) is 0 Å². The van der Waals surface area contributed by atoms with E-state index in [4.69, 9.17) is 5.73 Å². The molecule has 2 fully saturated rings. The first-order chi connectivity index (χ1) is 15.0. The van der Waals surface area contributed by atoms with Gasteiger partial charge in [0.15, 0.2) is 0 Å². The summed E-state index contributed by atoms with van der Waals surface area (Å²) in [5.41, 5.74) is 8.48. The molecule has 9 heteroatoms. The number of pyridine rings is 1. The quantitative estimate of drug-likeness (QED) is 0.516. The van der Waals surface area contributed by atoms with E-state index in [1.807, 2.05) is 12.1 Å². The maximum atomic E-state index is 11.8.